The molecule has 2 aromatic carbocycles. The lowest BCUT2D eigenvalue weighted by Gasteiger charge is -2.07. The van der Waals surface area contributed by atoms with E-state index in [0.29, 0.717) is 23.6 Å². The van der Waals surface area contributed by atoms with E-state index >= 15 is 0 Å². The summed E-state index contributed by atoms with van der Waals surface area (Å²) in [6.45, 7) is 1.98. The Labute approximate surface area is 193 Å². The first-order valence-corrected chi connectivity index (χ1v) is 10.8. The van der Waals surface area contributed by atoms with Gasteiger partial charge in [-0.05, 0) is 30.7 Å². The molecule has 34 heavy (non-hydrogen) atoms. The molecule has 0 spiro atoms. The zero-order valence-electron chi connectivity index (χ0n) is 18.3. The van der Waals surface area contributed by atoms with Crippen LogP contribution in [0, 0.1) is 6.92 Å². The normalized spacial score (nSPS) is 15.3. The van der Waals surface area contributed by atoms with Gasteiger partial charge in [-0.1, -0.05) is 54.1 Å². The van der Waals surface area contributed by atoms with Crippen molar-refractivity contribution >= 4 is 11.7 Å². The van der Waals surface area contributed by atoms with Crippen LogP contribution in [0.15, 0.2) is 77.3 Å². The Hall–Kier alpha value is -3.94. The van der Waals surface area contributed by atoms with E-state index in [4.69, 9.17) is 9.40 Å². The Morgan fingerprint density at radius 3 is 2.56 bits per heavy atom. The first-order chi connectivity index (χ1) is 16.3. The quantitative estimate of drug-likeness (QED) is 0.411. The third-order valence-electron chi connectivity index (χ3n) is 5.74. The number of aromatic nitrogens is 2. The van der Waals surface area contributed by atoms with Crippen molar-refractivity contribution in [2.75, 3.05) is 5.32 Å². The van der Waals surface area contributed by atoms with Gasteiger partial charge in [-0.3, -0.25) is 5.32 Å². The van der Waals surface area contributed by atoms with Crippen LogP contribution in [0.25, 0.3) is 11.3 Å². The van der Waals surface area contributed by atoms with Crippen LogP contribution >= 0.6 is 0 Å². The maximum Gasteiger partial charge on any atom is 0.449 e. The smallest absolute Gasteiger partial charge is 0.449 e. The summed E-state index contributed by atoms with van der Waals surface area (Å²) in [6, 6.07) is 19.0. The minimum atomic E-state index is -4.57. The topological polar surface area (TPSA) is 59.0 Å². The zero-order chi connectivity index (χ0) is 23.9. The van der Waals surface area contributed by atoms with Gasteiger partial charge >= 0.3 is 17.9 Å². The molecule has 3 heterocycles. The number of hydrogen-bond acceptors (Lipinski definition) is 4. The van der Waals surface area contributed by atoms with Gasteiger partial charge in [-0.2, -0.15) is 17.7 Å². The number of rotatable bonds is 5. The number of fused-ring (bicyclic) bond motifs is 1. The molecule has 0 fully saturated rings. The van der Waals surface area contributed by atoms with Crippen LogP contribution in [-0.4, -0.2) is 16.9 Å². The molecule has 1 aliphatic heterocycles. The Morgan fingerprint density at radius 1 is 1.06 bits per heavy atom. The fourth-order valence-electron chi connectivity index (χ4n) is 4.11. The number of nitrogens with zero attached hydrogens (tertiary/aromatic N) is 2. The van der Waals surface area contributed by atoms with Gasteiger partial charge in [0.25, 0.3) is 0 Å². The average molecular weight is 464 g/mol. The molecule has 172 valence electrons. The van der Waals surface area contributed by atoms with Crippen molar-refractivity contribution in [2.24, 2.45) is 0 Å². The van der Waals surface area contributed by atoms with Gasteiger partial charge in [-0.15, -0.1) is 0 Å². The number of aryl methyl sites for hydroxylation is 1. The number of halogens is 3. The maximum absolute atomic E-state index is 13.3. The maximum atomic E-state index is 13.3. The highest BCUT2D eigenvalue weighted by Gasteiger charge is 2.42. The summed E-state index contributed by atoms with van der Waals surface area (Å²) < 4.78 is 45.2. The second-order valence-corrected chi connectivity index (χ2v) is 8.33. The molecule has 0 radical (unpaired) electrons. The van der Waals surface area contributed by atoms with Gasteiger partial charge < -0.3 is 4.42 Å². The van der Waals surface area contributed by atoms with Crippen molar-refractivity contribution in [3.05, 3.63) is 101 Å². The number of nitrogens with one attached hydrogen (secondary N) is 1. The summed E-state index contributed by atoms with van der Waals surface area (Å²) in [6.07, 6.45) is -2.42. The van der Waals surface area contributed by atoms with Crippen molar-refractivity contribution in [2.45, 2.75) is 32.0 Å². The average Bonchev–Trinajstić information content (AvgIpc) is 3.40. The molecule has 0 bridgehead atoms. The molecule has 1 aliphatic rings. The molecular weight excluding hydrogens is 443 g/mol. The summed E-state index contributed by atoms with van der Waals surface area (Å²) in [7, 11) is 0. The minimum absolute atomic E-state index is 0.0127. The van der Waals surface area contributed by atoms with E-state index in [1.54, 1.807) is 6.20 Å². The highest BCUT2D eigenvalue weighted by Crippen LogP contribution is 2.31. The zero-order valence-corrected chi connectivity index (χ0v) is 18.3. The molecule has 8 heteroatoms. The van der Waals surface area contributed by atoms with Crippen LogP contribution in [-0.2, 0) is 19.0 Å². The molecule has 5 nitrogen and oxygen atoms in total. The number of carbonyl (C=O) groups excluding carboxylic acids is 1. The lowest BCUT2D eigenvalue weighted by molar-refractivity contribution is -0.552. The number of benzene rings is 2. The first-order valence-electron chi connectivity index (χ1n) is 10.8. The predicted octanol–water partition coefficient (Wildman–Crippen LogP) is 5.22. The second kappa shape index (κ2) is 8.44. The fraction of sp³-hybridized carbons (Fsp3) is 0.192. The monoisotopic (exact) mass is 464 g/mol. The Bertz CT molecular complexity index is 1360. The molecule has 0 amide bonds. The van der Waals surface area contributed by atoms with Gasteiger partial charge in [0, 0.05) is 12.0 Å². The molecule has 0 aliphatic carbocycles. The van der Waals surface area contributed by atoms with Crippen LogP contribution in [0.4, 0.5) is 19.0 Å². The highest BCUT2D eigenvalue weighted by atomic mass is 19.4. The molecule has 1 atom stereocenters. The Balaban J connectivity index is 1.51. The van der Waals surface area contributed by atoms with E-state index in [-0.39, 0.29) is 18.1 Å². The van der Waals surface area contributed by atoms with E-state index < -0.39 is 18.0 Å². The SMILES string of the molecule is Cc1cccc(-c2c[n+]3c(c(Cc4ccccc4)n2)NC(Cc2ccc(C(F)(F)F)o2)C3=O)c1. The lowest BCUT2D eigenvalue weighted by Crippen LogP contribution is -2.44. The van der Waals surface area contributed by atoms with Crippen molar-refractivity contribution in [1.82, 2.24) is 4.98 Å². The van der Waals surface area contributed by atoms with Gasteiger partial charge in [0.15, 0.2) is 0 Å². The summed E-state index contributed by atoms with van der Waals surface area (Å²) in [4.78, 5) is 18.1. The van der Waals surface area contributed by atoms with E-state index in [1.165, 1.54) is 10.6 Å². The number of alkyl halides is 3. The van der Waals surface area contributed by atoms with Crippen LogP contribution in [0.2, 0.25) is 0 Å². The van der Waals surface area contributed by atoms with Gasteiger partial charge in [-0.25, -0.2) is 9.78 Å². The summed E-state index contributed by atoms with van der Waals surface area (Å²) >= 11 is 0. The first kappa shape index (κ1) is 21.9. The van der Waals surface area contributed by atoms with E-state index in [1.807, 2.05) is 61.5 Å². The number of hydrogen-bond donors (Lipinski definition) is 1. The van der Waals surface area contributed by atoms with Crippen molar-refractivity contribution < 1.29 is 27.0 Å². The van der Waals surface area contributed by atoms with Gasteiger partial charge in [0.2, 0.25) is 11.8 Å². The van der Waals surface area contributed by atoms with Crippen LogP contribution in [0.3, 0.4) is 0 Å². The van der Waals surface area contributed by atoms with Gasteiger partial charge in [0.1, 0.15) is 23.3 Å². The second-order valence-electron chi connectivity index (χ2n) is 8.33. The Kier molecular flexibility index (Phi) is 5.43. The summed E-state index contributed by atoms with van der Waals surface area (Å²) in [5.74, 6) is -0.724. The van der Waals surface area contributed by atoms with E-state index in [9.17, 15) is 18.0 Å². The van der Waals surface area contributed by atoms with Gasteiger partial charge in [0.05, 0.1) is 6.42 Å². The van der Waals surface area contributed by atoms with E-state index in [0.717, 1.165) is 22.8 Å². The molecule has 0 saturated carbocycles. The third-order valence-corrected chi connectivity index (χ3v) is 5.74. The summed E-state index contributed by atoms with van der Waals surface area (Å²) in [5.41, 5.74) is 4.29. The molecule has 4 aromatic rings. The molecule has 1 unspecified atom stereocenters. The van der Waals surface area contributed by atoms with Crippen molar-refractivity contribution in [1.29, 1.82) is 0 Å². The van der Waals surface area contributed by atoms with Crippen LogP contribution in [0.1, 0.15) is 33.1 Å². The molecule has 0 saturated heterocycles. The number of carbonyl (C=O) groups is 1. The Morgan fingerprint density at radius 2 is 1.85 bits per heavy atom. The van der Waals surface area contributed by atoms with Crippen molar-refractivity contribution in [3.8, 4) is 11.3 Å². The largest absolute Gasteiger partial charge is 0.456 e. The van der Waals surface area contributed by atoms with Crippen LogP contribution in [0.5, 0.6) is 0 Å². The molecule has 1 N–H and O–H groups in total. The lowest BCUT2D eigenvalue weighted by atomic mass is 10.1. The predicted molar refractivity (Wildman–Crippen MR) is 119 cm³/mol. The van der Waals surface area contributed by atoms with Crippen molar-refractivity contribution in [3.63, 3.8) is 0 Å². The minimum Gasteiger partial charge on any atom is -0.456 e. The highest BCUT2D eigenvalue weighted by molar-refractivity contribution is 5.82. The third kappa shape index (κ3) is 4.31. The van der Waals surface area contributed by atoms with E-state index in [2.05, 4.69) is 5.32 Å². The molecule has 5 rings (SSSR count). The molecular formula is C26H21F3N3O2+. The fourth-order valence-corrected chi connectivity index (χ4v) is 4.11. The number of furan rings is 1. The number of anilines is 1. The van der Waals surface area contributed by atoms with Crippen LogP contribution < -0.4 is 9.88 Å². The summed E-state index contributed by atoms with van der Waals surface area (Å²) in [5, 5.41) is 3.17. The standard InChI is InChI=1S/C26H20F3N3O2/c1-16-6-5-9-18(12-16)22-15-32-24(20(30-22)13-17-7-3-2-4-8-17)31-21(25(32)33)14-19-10-11-23(34-19)26(27,28)29/h2-12,15,21H,13-14H2,1H3/p+1. The molecule has 2 aromatic heterocycles.